The maximum absolute atomic E-state index is 13.6. The Kier molecular flexibility index (Phi) is 3.61. The van der Waals surface area contributed by atoms with Gasteiger partial charge in [-0.15, -0.1) is 0 Å². The molecule has 19 heavy (non-hydrogen) atoms. The highest BCUT2D eigenvalue weighted by Gasteiger charge is 2.15. The first-order valence-corrected chi connectivity index (χ1v) is 5.31. The summed E-state index contributed by atoms with van der Waals surface area (Å²) >= 11 is 0. The molecule has 0 saturated heterocycles. The van der Waals surface area contributed by atoms with Gasteiger partial charge in [0.05, 0.1) is 5.56 Å². The highest BCUT2D eigenvalue weighted by Crippen LogP contribution is 2.27. The van der Waals surface area contributed by atoms with Crippen LogP contribution >= 0.6 is 0 Å². The van der Waals surface area contributed by atoms with Gasteiger partial charge in [0.15, 0.2) is 5.84 Å². The predicted octanol–water partition coefficient (Wildman–Crippen LogP) is 2.85. The van der Waals surface area contributed by atoms with Gasteiger partial charge in [0.2, 0.25) is 0 Å². The summed E-state index contributed by atoms with van der Waals surface area (Å²) in [4.78, 5) is 0. The fourth-order valence-corrected chi connectivity index (χ4v) is 1.55. The summed E-state index contributed by atoms with van der Waals surface area (Å²) in [6.07, 6.45) is 0. The van der Waals surface area contributed by atoms with E-state index in [9.17, 15) is 8.78 Å². The monoisotopic (exact) mass is 264 g/mol. The van der Waals surface area contributed by atoms with Crippen molar-refractivity contribution in [2.45, 2.75) is 0 Å². The Bertz CT molecular complexity index is 630. The van der Waals surface area contributed by atoms with E-state index >= 15 is 0 Å². The fourth-order valence-electron chi connectivity index (χ4n) is 1.55. The van der Waals surface area contributed by atoms with E-state index in [1.54, 1.807) is 0 Å². The molecule has 2 aromatic carbocycles. The smallest absolute Gasteiger partial charge is 0.176 e. The van der Waals surface area contributed by atoms with E-state index < -0.39 is 17.5 Å². The van der Waals surface area contributed by atoms with Crippen molar-refractivity contribution in [1.82, 2.24) is 0 Å². The van der Waals surface area contributed by atoms with Crippen LogP contribution in [0, 0.1) is 11.6 Å². The second kappa shape index (κ2) is 5.34. The van der Waals surface area contributed by atoms with Gasteiger partial charge >= 0.3 is 0 Å². The lowest BCUT2D eigenvalue weighted by molar-refractivity contribution is 0.318. The summed E-state index contributed by atoms with van der Waals surface area (Å²) in [6, 6.07) is 9.33. The van der Waals surface area contributed by atoms with E-state index in [2.05, 4.69) is 5.16 Å². The van der Waals surface area contributed by atoms with E-state index in [-0.39, 0.29) is 17.1 Å². The third-order valence-corrected chi connectivity index (χ3v) is 2.36. The van der Waals surface area contributed by atoms with E-state index in [1.165, 1.54) is 30.3 Å². The Labute approximate surface area is 107 Å². The molecule has 0 amide bonds. The van der Waals surface area contributed by atoms with E-state index in [4.69, 9.17) is 15.7 Å². The number of ether oxygens (including phenoxy) is 1. The highest BCUT2D eigenvalue weighted by molar-refractivity contribution is 5.99. The first-order chi connectivity index (χ1) is 9.11. The summed E-state index contributed by atoms with van der Waals surface area (Å²) in [5.41, 5.74) is 5.20. The summed E-state index contributed by atoms with van der Waals surface area (Å²) in [6.45, 7) is 0. The van der Waals surface area contributed by atoms with Crippen molar-refractivity contribution in [1.29, 1.82) is 0 Å². The third-order valence-electron chi connectivity index (χ3n) is 2.36. The number of nitrogens with two attached hydrogens (primary N) is 1. The van der Waals surface area contributed by atoms with Crippen molar-refractivity contribution in [3.8, 4) is 11.5 Å². The largest absolute Gasteiger partial charge is 0.456 e. The number of amidine groups is 1. The van der Waals surface area contributed by atoms with Crippen molar-refractivity contribution in [2.75, 3.05) is 0 Å². The van der Waals surface area contributed by atoms with Crippen molar-refractivity contribution in [2.24, 2.45) is 10.9 Å². The molecule has 0 fully saturated rings. The second-order valence-electron chi connectivity index (χ2n) is 3.66. The molecular formula is C13H10F2N2O2. The first kappa shape index (κ1) is 12.8. The van der Waals surface area contributed by atoms with Crippen LogP contribution in [0.5, 0.6) is 11.5 Å². The lowest BCUT2D eigenvalue weighted by atomic mass is 10.1. The number of halogens is 2. The van der Waals surface area contributed by atoms with Crippen LogP contribution in [0.1, 0.15) is 5.56 Å². The first-order valence-electron chi connectivity index (χ1n) is 5.31. The molecule has 4 nitrogen and oxygen atoms in total. The van der Waals surface area contributed by atoms with Gasteiger partial charge in [-0.2, -0.15) is 0 Å². The number of benzene rings is 2. The molecule has 0 saturated carbocycles. The van der Waals surface area contributed by atoms with Gasteiger partial charge in [-0.25, -0.2) is 8.78 Å². The van der Waals surface area contributed by atoms with Gasteiger partial charge in [-0.3, -0.25) is 0 Å². The maximum atomic E-state index is 13.6. The molecule has 0 aliphatic rings. The third kappa shape index (κ3) is 2.79. The minimum Gasteiger partial charge on any atom is -0.456 e. The molecule has 3 N–H and O–H groups in total. The van der Waals surface area contributed by atoms with Gasteiger partial charge in [-0.05, 0) is 24.3 Å². The molecule has 0 heterocycles. The second-order valence-corrected chi connectivity index (χ2v) is 3.66. The van der Waals surface area contributed by atoms with Gasteiger partial charge < -0.3 is 15.7 Å². The standard InChI is InChI=1S/C13H10F2N2O2/c14-8-3-1-4-9(7-8)19-11-6-2-5-10(15)12(11)13(16)17-18/h1-7,18H,(H2,16,17). The Balaban J connectivity index is 2.43. The normalized spacial score (nSPS) is 11.4. The molecule has 6 heteroatoms. The zero-order chi connectivity index (χ0) is 13.8. The molecule has 0 aliphatic heterocycles. The summed E-state index contributed by atoms with van der Waals surface area (Å²) in [5, 5.41) is 11.4. The van der Waals surface area contributed by atoms with Crippen molar-refractivity contribution in [3.05, 3.63) is 59.7 Å². The van der Waals surface area contributed by atoms with E-state index in [1.807, 2.05) is 0 Å². The lowest BCUT2D eigenvalue weighted by Gasteiger charge is -2.10. The molecule has 0 unspecified atom stereocenters. The van der Waals surface area contributed by atoms with Crippen LogP contribution in [0.2, 0.25) is 0 Å². The van der Waals surface area contributed by atoms with Crippen molar-refractivity contribution in [3.63, 3.8) is 0 Å². The number of oxime groups is 1. The topological polar surface area (TPSA) is 67.8 Å². The van der Waals surface area contributed by atoms with Crippen LogP contribution in [0.25, 0.3) is 0 Å². The van der Waals surface area contributed by atoms with E-state index in [0.29, 0.717) is 0 Å². The predicted molar refractivity (Wildman–Crippen MR) is 65.4 cm³/mol. The molecule has 2 rings (SSSR count). The molecule has 98 valence electrons. The quantitative estimate of drug-likeness (QED) is 0.387. The van der Waals surface area contributed by atoms with Gasteiger partial charge in [0.25, 0.3) is 0 Å². The Morgan fingerprint density at radius 1 is 1.16 bits per heavy atom. The summed E-state index contributed by atoms with van der Waals surface area (Å²) in [7, 11) is 0. The van der Waals surface area contributed by atoms with Gasteiger partial charge in [0.1, 0.15) is 23.1 Å². The van der Waals surface area contributed by atoms with E-state index in [0.717, 1.165) is 12.1 Å². The zero-order valence-corrected chi connectivity index (χ0v) is 9.68. The van der Waals surface area contributed by atoms with Crippen LogP contribution in [-0.2, 0) is 0 Å². The molecule has 0 radical (unpaired) electrons. The Morgan fingerprint density at radius 2 is 1.89 bits per heavy atom. The molecule has 0 bridgehead atoms. The van der Waals surface area contributed by atoms with Crippen molar-refractivity contribution < 1.29 is 18.7 Å². The van der Waals surface area contributed by atoms with Gasteiger partial charge in [-0.1, -0.05) is 17.3 Å². The number of nitrogens with zero attached hydrogens (tertiary/aromatic N) is 1. The van der Waals surface area contributed by atoms with Crippen LogP contribution in [0.3, 0.4) is 0 Å². The van der Waals surface area contributed by atoms with Crippen LogP contribution in [0.4, 0.5) is 8.78 Å². The molecular weight excluding hydrogens is 254 g/mol. The average Bonchev–Trinajstić information content (AvgIpc) is 2.38. The number of rotatable bonds is 3. The Hall–Kier alpha value is -2.63. The molecule has 0 atom stereocenters. The fraction of sp³-hybridized carbons (Fsp3) is 0. The van der Waals surface area contributed by atoms with Gasteiger partial charge in [0, 0.05) is 6.07 Å². The molecule has 2 aromatic rings. The molecule has 0 aliphatic carbocycles. The summed E-state index contributed by atoms with van der Waals surface area (Å²) in [5.74, 6) is -1.41. The lowest BCUT2D eigenvalue weighted by Crippen LogP contribution is -2.16. The maximum Gasteiger partial charge on any atom is 0.176 e. The average molecular weight is 264 g/mol. The van der Waals surface area contributed by atoms with Crippen LogP contribution in [0.15, 0.2) is 47.6 Å². The Morgan fingerprint density at radius 3 is 2.58 bits per heavy atom. The number of hydrogen-bond donors (Lipinski definition) is 2. The minimum absolute atomic E-state index is 0.0286. The SMILES string of the molecule is NC(=NO)c1c(F)cccc1Oc1cccc(F)c1. The molecule has 0 aromatic heterocycles. The zero-order valence-electron chi connectivity index (χ0n) is 9.68. The van der Waals surface area contributed by atoms with Crippen LogP contribution in [-0.4, -0.2) is 11.0 Å². The summed E-state index contributed by atoms with van der Waals surface area (Å²) < 4.78 is 32.0. The highest BCUT2D eigenvalue weighted by atomic mass is 19.1. The number of hydrogen-bond acceptors (Lipinski definition) is 3. The minimum atomic E-state index is -0.704. The van der Waals surface area contributed by atoms with Crippen LogP contribution < -0.4 is 10.5 Å². The molecule has 0 spiro atoms. The van der Waals surface area contributed by atoms with Crippen molar-refractivity contribution >= 4 is 5.84 Å².